The summed E-state index contributed by atoms with van der Waals surface area (Å²) in [6.45, 7) is 0. The van der Waals surface area contributed by atoms with Crippen molar-refractivity contribution >= 4 is 33.6 Å². The summed E-state index contributed by atoms with van der Waals surface area (Å²) in [5.41, 5.74) is 0. The normalized spacial score (nSPS) is 16.8. The highest BCUT2D eigenvalue weighted by atomic mass is 79.9. The summed E-state index contributed by atoms with van der Waals surface area (Å²) in [4.78, 5) is 15.6. The van der Waals surface area contributed by atoms with E-state index in [2.05, 4.69) is 20.9 Å². The van der Waals surface area contributed by atoms with Crippen LogP contribution < -0.4 is 0 Å². The van der Waals surface area contributed by atoms with Crippen molar-refractivity contribution in [3.63, 3.8) is 0 Å². The van der Waals surface area contributed by atoms with Crippen molar-refractivity contribution in [2.45, 2.75) is 18.8 Å². The molecular weight excluding hydrogens is 226 g/mol. The van der Waals surface area contributed by atoms with Crippen LogP contribution in [0.25, 0.3) is 0 Å². The number of aldehydes is 1. The van der Waals surface area contributed by atoms with E-state index in [9.17, 15) is 4.79 Å². The minimum absolute atomic E-state index is 0.582. The Morgan fingerprint density at radius 1 is 1.64 bits per heavy atom. The zero-order valence-electron chi connectivity index (χ0n) is 5.71. The van der Waals surface area contributed by atoms with Gasteiger partial charge in [-0.2, -0.15) is 0 Å². The standard InChI is InChI=1S/C7H6BrNOS/c8-7-6(4-1-2-4)11-5(3-10)9-7/h3-4H,1-2H2. The van der Waals surface area contributed by atoms with Crippen molar-refractivity contribution in [1.82, 2.24) is 4.98 Å². The van der Waals surface area contributed by atoms with Crippen LogP contribution in [0.15, 0.2) is 4.60 Å². The maximum Gasteiger partial charge on any atom is 0.178 e. The Hall–Kier alpha value is -0.220. The van der Waals surface area contributed by atoms with E-state index in [-0.39, 0.29) is 0 Å². The van der Waals surface area contributed by atoms with Gasteiger partial charge in [-0.15, -0.1) is 11.3 Å². The molecule has 1 aliphatic carbocycles. The molecule has 58 valence electrons. The summed E-state index contributed by atoms with van der Waals surface area (Å²) < 4.78 is 0.868. The Labute approximate surface area is 76.8 Å². The van der Waals surface area contributed by atoms with Gasteiger partial charge in [0.15, 0.2) is 11.3 Å². The number of rotatable bonds is 2. The van der Waals surface area contributed by atoms with Crippen LogP contribution in [0.4, 0.5) is 0 Å². The smallest absolute Gasteiger partial charge is 0.178 e. The van der Waals surface area contributed by atoms with E-state index in [4.69, 9.17) is 0 Å². The fourth-order valence-corrected chi connectivity index (χ4v) is 2.79. The van der Waals surface area contributed by atoms with Gasteiger partial charge in [-0.25, -0.2) is 4.98 Å². The fourth-order valence-electron chi connectivity index (χ4n) is 0.977. The minimum atomic E-state index is 0.582. The molecule has 1 fully saturated rings. The quantitative estimate of drug-likeness (QED) is 0.733. The van der Waals surface area contributed by atoms with E-state index >= 15 is 0 Å². The number of nitrogens with zero attached hydrogens (tertiary/aromatic N) is 1. The summed E-state index contributed by atoms with van der Waals surface area (Å²) >= 11 is 4.84. The summed E-state index contributed by atoms with van der Waals surface area (Å²) in [7, 11) is 0. The number of carbonyl (C=O) groups is 1. The fraction of sp³-hybridized carbons (Fsp3) is 0.429. The molecule has 1 heterocycles. The molecule has 0 atom stereocenters. The summed E-state index contributed by atoms with van der Waals surface area (Å²) in [5.74, 6) is 0.676. The average Bonchev–Trinajstić information content (AvgIpc) is 2.76. The third kappa shape index (κ3) is 1.37. The van der Waals surface area contributed by atoms with Crippen LogP contribution in [-0.2, 0) is 0 Å². The third-order valence-corrected chi connectivity index (χ3v) is 3.69. The number of thiazole rings is 1. The van der Waals surface area contributed by atoms with Gasteiger partial charge in [-0.05, 0) is 34.7 Å². The number of hydrogen-bond acceptors (Lipinski definition) is 3. The van der Waals surface area contributed by atoms with Crippen molar-refractivity contribution in [1.29, 1.82) is 0 Å². The zero-order chi connectivity index (χ0) is 7.84. The summed E-state index contributed by atoms with van der Waals surface area (Å²) in [6.07, 6.45) is 3.31. The molecule has 1 aromatic heterocycles. The molecule has 2 rings (SSSR count). The zero-order valence-corrected chi connectivity index (χ0v) is 8.11. The van der Waals surface area contributed by atoms with Crippen LogP contribution in [0.1, 0.15) is 33.4 Å². The van der Waals surface area contributed by atoms with E-state index in [0.29, 0.717) is 10.9 Å². The van der Waals surface area contributed by atoms with Gasteiger partial charge >= 0.3 is 0 Å². The lowest BCUT2D eigenvalue weighted by molar-refractivity contribution is 0.112. The maximum atomic E-state index is 10.3. The Morgan fingerprint density at radius 2 is 2.36 bits per heavy atom. The third-order valence-electron chi connectivity index (χ3n) is 1.68. The maximum absolute atomic E-state index is 10.3. The van der Waals surface area contributed by atoms with Crippen LogP contribution in [0.5, 0.6) is 0 Å². The molecule has 0 aliphatic heterocycles. The average molecular weight is 232 g/mol. The lowest BCUT2D eigenvalue weighted by Gasteiger charge is -1.86. The van der Waals surface area contributed by atoms with Gasteiger partial charge in [0.1, 0.15) is 4.60 Å². The molecular formula is C7H6BrNOS. The van der Waals surface area contributed by atoms with Gasteiger partial charge < -0.3 is 0 Å². The molecule has 0 N–H and O–H groups in total. The predicted octanol–water partition coefficient (Wildman–Crippen LogP) is 2.60. The summed E-state index contributed by atoms with van der Waals surface area (Å²) in [6, 6.07) is 0. The molecule has 0 amide bonds. The van der Waals surface area contributed by atoms with Gasteiger partial charge in [0.05, 0.1) is 0 Å². The first-order valence-corrected chi connectivity index (χ1v) is 5.03. The van der Waals surface area contributed by atoms with Gasteiger partial charge in [0.25, 0.3) is 0 Å². The van der Waals surface area contributed by atoms with Crippen molar-refractivity contribution in [2.24, 2.45) is 0 Å². The van der Waals surface area contributed by atoms with Gasteiger partial charge in [0, 0.05) is 4.88 Å². The topological polar surface area (TPSA) is 30.0 Å². The molecule has 0 spiro atoms. The molecule has 1 aromatic rings. The number of halogens is 1. The SMILES string of the molecule is O=Cc1nc(Br)c(C2CC2)s1. The molecule has 0 bridgehead atoms. The Kier molecular flexibility index (Phi) is 1.81. The van der Waals surface area contributed by atoms with Crippen LogP contribution in [-0.4, -0.2) is 11.3 Å². The van der Waals surface area contributed by atoms with Crippen molar-refractivity contribution in [3.8, 4) is 0 Å². The van der Waals surface area contributed by atoms with Crippen LogP contribution >= 0.6 is 27.3 Å². The largest absolute Gasteiger partial charge is 0.295 e. The highest BCUT2D eigenvalue weighted by molar-refractivity contribution is 9.10. The number of carbonyl (C=O) groups excluding carboxylic acids is 1. The molecule has 1 saturated carbocycles. The Bertz CT molecular complexity index is 293. The molecule has 0 aromatic carbocycles. The minimum Gasteiger partial charge on any atom is -0.295 e. The van der Waals surface area contributed by atoms with Crippen molar-refractivity contribution in [3.05, 3.63) is 14.5 Å². The van der Waals surface area contributed by atoms with Crippen molar-refractivity contribution < 1.29 is 4.79 Å². The Morgan fingerprint density at radius 3 is 2.82 bits per heavy atom. The molecule has 0 unspecified atom stereocenters. The van der Waals surface area contributed by atoms with Crippen LogP contribution in [0, 0.1) is 0 Å². The van der Waals surface area contributed by atoms with E-state index in [1.807, 2.05) is 0 Å². The van der Waals surface area contributed by atoms with E-state index in [0.717, 1.165) is 10.9 Å². The van der Waals surface area contributed by atoms with Gasteiger partial charge in [0.2, 0.25) is 0 Å². The highest BCUT2D eigenvalue weighted by Crippen LogP contribution is 2.45. The second-order valence-corrected chi connectivity index (χ2v) is 4.41. The van der Waals surface area contributed by atoms with Gasteiger partial charge in [-0.1, -0.05) is 0 Å². The molecule has 4 heteroatoms. The van der Waals surface area contributed by atoms with Crippen LogP contribution in [0.2, 0.25) is 0 Å². The lowest BCUT2D eigenvalue weighted by atomic mass is 10.4. The molecule has 11 heavy (non-hydrogen) atoms. The predicted molar refractivity (Wildman–Crippen MR) is 47.2 cm³/mol. The monoisotopic (exact) mass is 231 g/mol. The Balaban J connectivity index is 2.37. The first-order chi connectivity index (χ1) is 5.31. The first kappa shape index (κ1) is 7.43. The lowest BCUT2D eigenvalue weighted by Crippen LogP contribution is -1.73. The molecule has 1 aliphatic rings. The highest BCUT2D eigenvalue weighted by Gasteiger charge is 2.28. The second kappa shape index (κ2) is 2.68. The van der Waals surface area contributed by atoms with E-state index in [1.54, 1.807) is 0 Å². The first-order valence-electron chi connectivity index (χ1n) is 3.42. The van der Waals surface area contributed by atoms with Crippen LogP contribution in [0.3, 0.4) is 0 Å². The summed E-state index contributed by atoms with van der Waals surface area (Å²) in [5, 5.41) is 0.582. The van der Waals surface area contributed by atoms with E-state index in [1.165, 1.54) is 29.1 Å². The van der Waals surface area contributed by atoms with E-state index < -0.39 is 0 Å². The number of hydrogen-bond donors (Lipinski definition) is 0. The second-order valence-electron chi connectivity index (χ2n) is 2.60. The molecule has 0 radical (unpaired) electrons. The number of aromatic nitrogens is 1. The van der Waals surface area contributed by atoms with Gasteiger partial charge in [-0.3, -0.25) is 4.79 Å². The molecule has 0 saturated heterocycles. The van der Waals surface area contributed by atoms with Crippen molar-refractivity contribution in [2.75, 3.05) is 0 Å². The molecule has 2 nitrogen and oxygen atoms in total.